The highest BCUT2D eigenvalue weighted by molar-refractivity contribution is 5.95. The van der Waals surface area contributed by atoms with Crippen molar-refractivity contribution in [3.05, 3.63) is 12.7 Å². The van der Waals surface area contributed by atoms with Crippen molar-refractivity contribution in [1.82, 2.24) is 15.5 Å². The van der Waals surface area contributed by atoms with Crippen LogP contribution in [0, 0.1) is 0 Å². The Bertz CT molecular complexity index is 376. The van der Waals surface area contributed by atoms with Gasteiger partial charge in [-0.3, -0.25) is 19.8 Å². The number of aliphatic carboxylic acids is 1. The minimum absolute atomic E-state index is 0. The van der Waals surface area contributed by atoms with Crippen molar-refractivity contribution in [2.24, 2.45) is 0 Å². The van der Waals surface area contributed by atoms with Gasteiger partial charge in [0, 0.05) is 6.54 Å². The van der Waals surface area contributed by atoms with Crippen LogP contribution in [0.3, 0.4) is 0 Å². The summed E-state index contributed by atoms with van der Waals surface area (Å²) >= 11 is 0. The number of urea groups is 1. The highest BCUT2D eigenvalue weighted by atomic mass is 35.5. The molecule has 8 heteroatoms. The van der Waals surface area contributed by atoms with Crippen molar-refractivity contribution in [3.8, 4) is 0 Å². The molecule has 3 N–H and O–H groups in total. The van der Waals surface area contributed by atoms with E-state index in [-0.39, 0.29) is 25.5 Å². The maximum atomic E-state index is 11.6. The van der Waals surface area contributed by atoms with E-state index in [4.69, 9.17) is 5.11 Å². The third kappa shape index (κ3) is 6.03. The van der Waals surface area contributed by atoms with Crippen molar-refractivity contribution in [1.29, 1.82) is 0 Å². The van der Waals surface area contributed by atoms with Gasteiger partial charge in [-0.2, -0.15) is 0 Å². The van der Waals surface area contributed by atoms with Crippen LogP contribution >= 0.6 is 12.4 Å². The van der Waals surface area contributed by atoms with E-state index >= 15 is 0 Å². The minimum Gasteiger partial charge on any atom is -0.480 e. The fraction of sp³-hybridized carbons (Fsp3) is 0.583. The fourth-order valence-electron chi connectivity index (χ4n) is 2.02. The van der Waals surface area contributed by atoms with Gasteiger partial charge in [-0.05, 0) is 19.4 Å². The van der Waals surface area contributed by atoms with Gasteiger partial charge in [0.2, 0.25) is 5.91 Å². The zero-order chi connectivity index (χ0) is 14.3. The normalized spacial score (nSPS) is 18.5. The molecule has 0 aliphatic carbocycles. The summed E-state index contributed by atoms with van der Waals surface area (Å²) in [6, 6.07) is -1.25. The molecule has 3 amide bonds. The van der Waals surface area contributed by atoms with Gasteiger partial charge in [0.15, 0.2) is 0 Å². The number of halogens is 1. The van der Waals surface area contributed by atoms with Crippen molar-refractivity contribution in [2.45, 2.75) is 25.3 Å². The summed E-state index contributed by atoms with van der Waals surface area (Å²) in [5.74, 6) is -1.43. The highest BCUT2D eigenvalue weighted by Gasteiger charge is 2.29. The van der Waals surface area contributed by atoms with Gasteiger partial charge in [0.1, 0.15) is 6.04 Å². The topological polar surface area (TPSA) is 98.7 Å². The van der Waals surface area contributed by atoms with Crippen LogP contribution in [0.4, 0.5) is 4.79 Å². The van der Waals surface area contributed by atoms with Crippen LogP contribution in [0.25, 0.3) is 0 Å². The largest absolute Gasteiger partial charge is 0.480 e. The SMILES string of the molecule is C=CCNC(=O)NC(=O)CN1CCCCC1C(=O)O.Cl. The zero-order valence-corrected chi connectivity index (χ0v) is 11.9. The average molecular weight is 306 g/mol. The maximum Gasteiger partial charge on any atom is 0.321 e. The van der Waals surface area contributed by atoms with Crippen LogP contribution in [0.2, 0.25) is 0 Å². The molecule has 0 aromatic carbocycles. The number of rotatable bonds is 5. The van der Waals surface area contributed by atoms with Crippen LogP contribution < -0.4 is 10.6 Å². The molecular weight excluding hydrogens is 286 g/mol. The van der Waals surface area contributed by atoms with Gasteiger partial charge in [-0.25, -0.2) is 4.79 Å². The Morgan fingerprint density at radius 3 is 2.65 bits per heavy atom. The van der Waals surface area contributed by atoms with Gasteiger partial charge < -0.3 is 10.4 Å². The van der Waals surface area contributed by atoms with Gasteiger partial charge in [0.25, 0.3) is 0 Å². The fourth-order valence-corrected chi connectivity index (χ4v) is 2.02. The van der Waals surface area contributed by atoms with Gasteiger partial charge in [0.05, 0.1) is 6.54 Å². The standard InChI is InChI=1S/C12H19N3O4.ClH/c1-2-6-13-12(19)14-10(16)8-15-7-4-3-5-9(15)11(17)18;/h2,9H,1,3-8H2,(H,17,18)(H2,13,14,16,19);1H. The van der Waals surface area contributed by atoms with E-state index in [1.54, 1.807) is 4.90 Å². The molecule has 1 aliphatic heterocycles. The van der Waals surface area contributed by atoms with Crippen LogP contribution in [0.15, 0.2) is 12.7 Å². The molecule has 0 spiro atoms. The third-order valence-electron chi connectivity index (χ3n) is 2.91. The molecular formula is C12H20ClN3O4. The lowest BCUT2D eigenvalue weighted by Crippen LogP contribution is -2.51. The molecule has 0 bridgehead atoms. The minimum atomic E-state index is -0.927. The number of hydrogen-bond donors (Lipinski definition) is 3. The van der Waals surface area contributed by atoms with Gasteiger partial charge >= 0.3 is 12.0 Å². The molecule has 0 radical (unpaired) electrons. The van der Waals surface area contributed by atoms with E-state index in [1.165, 1.54) is 6.08 Å². The Hall–Kier alpha value is -1.60. The molecule has 0 saturated carbocycles. The summed E-state index contributed by atoms with van der Waals surface area (Å²) in [5, 5.41) is 13.6. The van der Waals surface area contributed by atoms with Crippen molar-refractivity contribution in [3.63, 3.8) is 0 Å². The number of carboxylic acids is 1. The lowest BCUT2D eigenvalue weighted by atomic mass is 10.0. The quantitative estimate of drug-likeness (QED) is 0.637. The lowest BCUT2D eigenvalue weighted by Gasteiger charge is -2.31. The van der Waals surface area contributed by atoms with E-state index < -0.39 is 23.9 Å². The first-order chi connectivity index (χ1) is 9.04. The van der Waals surface area contributed by atoms with Gasteiger partial charge in [-0.1, -0.05) is 12.5 Å². The first kappa shape index (κ1) is 18.4. The van der Waals surface area contributed by atoms with E-state index in [0.717, 1.165) is 12.8 Å². The monoisotopic (exact) mass is 305 g/mol. The molecule has 1 heterocycles. The van der Waals surface area contributed by atoms with Crippen molar-refractivity contribution < 1.29 is 19.5 Å². The number of nitrogens with one attached hydrogen (secondary N) is 2. The van der Waals surface area contributed by atoms with E-state index in [9.17, 15) is 14.4 Å². The van der Waals surface area contributed by atoms with Crippen molar-refractivity contribution in [2.75, 3.05) is 19.6 Å². The molecule has 20 heavy (non-hydrogen) atoms. The number of carbonyl (C=O) groups is 3. The Labute approximate surface area is 123 Å². The molecule has 1 saturated heterocycles. The number of hydrogen-bond acceptors (Lipinski definition) is 4. The van der Waals surface area contributed by atoms with Crippen LogP contribution in [-0.4, -0.2) is 53.6 Å². The maximum absolute atomic E-state index is 11.6. The smallest absolute Gasteiger partial charge is 0.321 e. The molecule has 1 rings (SSSR count). The molecule has 0 aromatic heterocycles. The second-order valence-corrected chi connectivity index (χ2v) is 4.37. The second kappa shape index (κ2) is 9.33. The number of piperidine rings is 1. The van der Waals surface area contributed by atoms with Crippen LogP contribution in [0.5, 0.6) is 0 Å². The predicted octanol–water partition coefficient (Wildman–Crippen LogP) is 0.359. The molecule has 114 valence electrons. The summed E-state index contributed by atoms with van der Waals surface area (Å²) in [7, 11) is 0. The summed E-state index contributed by atoms with van der Waals surface area (Å²) in [6.07, 6.45) is 3.73. The number of amides is 3. The number of likely N-dealkylation sites (tertiary alicyclic amines) is 1. The molecule has 0 aromatic rings. The van der Waals surface area contributed by atoms with E-state index in [2.05, 4.69) is 17.2 Å². The van der Waals surface area contributed by atoms with E-state index in [0.29, 0.717) is 13.0 Å². The Kier molecular flexibility index (Phi) is 8.58. The van der Waals surface area contributed by atoms with E-state index in [1.807, 2.05) is 0 Å². The van der Waals surface area contributed by atoms with Gasteiger partial charge in [-0.15, -0.1) is 19.0 Å². The number of imide groups is 1. The Morgan fingerprint density at radius 2 is 2.05 bits per heavy atom. The zero-order valence-electron chi connectivity index (χ0n) is 11.1. The first-order valence-corrected chi connectivity index (χ1v) is 6.20. The second-order valence-electron chi connectivity index (χ2n) is 4.37. The van der Waals surface area contributed by atoms with Crippen molar-refractivity contribution >= 4 is 30.3 Å². The molecule has 1 aliphatic rings. The van der Waals surface area contributed by atoms with Crippen LogP contribution in [0.1, 0.15) is 19.3 Å². The molecule has 7 nitrogen and oxygen atoms in total. The summed E-state index contributed by atoms with van der Waals surface area (Å²) in [6.45, 7) is 4.17. The van der Waals surface area contributed by atoms with Crippen LogP contribution in [-0.2, 0) is 9.59 Å². The summed E-state index contributed by atoms with van der Waals surface area (Å²) < 4.78 is 0. The Morgan fingerprint density at radius 1 is 1.35 bits per heavy atom. The predicted molar refractivity (Wildman–Crippen MR) is 75.8 cm³/mol. The third-order valence-corrected chi connectivity index (χ3v) is 2.91. The summed E-state index contributed by atoms with van der Waals surface area (Å²) in [4.78, 5) is 35.5. The molecule has 1 fully saturated rings. The number of nitrogens with zero attached hydrogens (tertiary/aromatic N) is 1. The molecule has 1 atom stereocenters. The average Bonchev–Trinajstić information content (AvgIpc) is 2.36. The number of carbonyl (C=O) groups excluding carboxylic acids is 2. The summed E-state index contributed by atoms with van der Waals surface area (Å²) in [5.41, 5.74) is 0. The number of carboxylic acid groups (broad SMARTS) is 1. The highest BCUT2D eigenvalue weighted by Crippen LogP contribution is 2.16. The Balaban J connectivity index is 0.00000361. The lowest BCUT2D eigenvalue weighted by molar-refractivity contribution is -0.145. The molecule has 1 unspecified atom stereocenters. The first-order valence-electron chi connectivity index (χ1n) is 6.20.